The van der Waals surface area contributed by atoms with Crippen molar-refractivity contribution in [2.75, 3.05) is 20.2 Å². The summed E-state index contributed by atoms with van der Waals surface area (Å²) in [6, 6.07) is -0.806. The van der Waals surface area contributed by atoms with E-state index in [1.54, 1.807) is 24.3 Å². The van der Waals surface area contributed by atoms with Crippen LogP contribution in [0.25, 0.3) is 0 Å². The Morgan fingerprint density at radius 1 is 1.16 bits per heavy atom. The summed E-state index contributed by atoms with van der Waals surface area (Å²) < 4.78 is 15.9. The van der Waals surface area contributed by atoms with Gasteiger partial charge in [-0.2, -0.15) is 0 Å². The summed E-state index contributed by atoms with van der Waals surface area (Å²) in [4.78, 5) is 49.6. The van der Waals surface area contributed by atoms with Crippen LogP contribution >= 0.6 is 0 Å². The zero-order valence-electron chi connectivity index (χ0n) is 27.8. The van der Waals surface area contributed by atoms with Crippen LogP contribution < -0.4 is 21.7 Å². The lowest BCUT2D eigenvalue weighted by molar-refractivity contribution is -0.151. The van der Waals surface area contributed by atoms with Gasteiger partial charge in [0.15, 0.2) is 5.76 Å². The number of methoxy groups -OCH3 is 1. The van der Waals surface area contributed by atoms with Crippen LogP contribution in [-0.4, -0.2) is 62.3 Å². The minimum absolute atomic E-state index is 0.0156. The SMILES string of the molecule is CC=CCC(CC=CNC(=O)C(NC(=O)C=CC=CC(C)=CC(C)C1CC=C(OC)C(=O)O1)C(C)(C)C)OC(=O)NCCCN. The normalized spacial score (nSPS) is 18.0. The van der Waals surface area contributed by atoms with Crippen molar-refractivity contribution in [1.29, 1.82) is 0 Å². The summed E-state index contributed by atoms with van der Waals surface area (Å²) in [5.41, 5.74) is 5.83. The second-order valence-electron chi connectivity index (χ2n) is 11.8. The fourth-order valence-electron chi connectivity index (χ4n) is 4.24. The Kier molecular flexibility index (Phi) is 18.0. The molecule has 0 radical (unpaired) electrons. The summed E-state index contributed by atoms with van der Waals surface area (Å²) in [6.07, 6.45) is 18.2. The van der Waals surface area contributed by atoms with Gasteiger partial charge in [0.05, 0.1) is 7.11 Å². The van der Waals surface area contributed by atoms with Crippen molar-refractivity contribution >= 4 is 23.9 Å². The Balaban J connectivity index is 2.69. The van der Waals surface area contributed by atoms with Crippen LogP contribution in [0.15, 0.2) is 72.2 Å². The highest BCUT2D eigenvalue weighted by molar-refractivity contribution is 5.93. The summed E-state index contributed by atoms with van der Waals surface area (Å²) in [5.74, 6) is -1.04. The third-order valence-corrected chi connectivity index (χ3v) is 6.76. The van der Waals surface area contributed by atoms with Crippen molar-refractivity contribution in [3.8, 4) is 0 Å². The molecule has 0 saturated carbocycles. The molecule has 1 aliphatic heterocycles. The number of carbonyl (C=O) groups is 4. The number of carbonyl (C=O) groups excluding carboxylic acids is 4. The van der Waals surface area contributed by atoms with Crippen molar-refractivity contribution in [3.63, 3.8) is 0 Å². The van der Waals surface area contributed by atoms with E-state index in [0.717, 1.165) is 5.57 Å². The number of hydrogen-bond acceptors (Lipinski definition) is 8. The highest BCUT2D eigenvalue weighted by atomic mass is 16.6. The average Bonchev–Trinajstić information content (AvgIpc) is 2.98. The van der Waals surface area contributed by atoms with Crippen molar-refractivity contribution in [3.05, 3.63) is 72.2 Å². The number of allylic oxidation sites excluding steroid dienone is 5. The Labute approximate surface area is 268 Å². The molecule has 1 rings (SSSR count). The lowest BCUT2D eigenvalue weighted by Crippen LogP contribution is -2.52. The van der Waals surface area contributed by atoms with E-state index in [2.05, 4.69) is 16.0 Å². The van der Waals surface area contributed by atoms with Gasteiger partial charge in [-0.3, -0.25) is 9.59 Å². The molecule has 3 amide bonds. The number of alkyl carbamates (subject to hydrolysis) is 1. The van der Waals surface area contributed by atoms with Gasteiger partial charge in [-0.1, -0.05) is 75.8 Å². The molecule has 0 aromatic carbocycles. The number of ether oxygens (including phenoxy) is 3. The Morgan fingerprint density at radius 3 is 2.47 bits per heavy atom. The van der Waals surface area contributed by atoms with Gasteiger partial charge in [0.1, 0.15) is 18.2 Å². The van der Waals surface area contributed by atoms with Gasteiger partial charge in [-0.15, -0.1) is 0 Å². The molecule has 0 bridgehead atoms. The summed E-state index contributed by atoms with van der Waals surface area (Å²) in [6.45, 7) is 12.3. The van der Waals surface area contributed by atoms with E-state index in [-0.39, 0.29) is 23.7 Å². The Bertz CT molecular complexity index is 1160. The van der Waals surface area contributed by atoms with E-state index >= 15 is 0 Å². The van der Waals surface area contributed by atoms with E-state index in [1.165, 1.54) is 19.4 Å². The number of nitrogens with two attached hydrogens (primary N) is 1. The fourth-order valence-corrected chi connectivity index (χ4v) is 4.24. The molecule has 0 aliphatic carbocycles. The number of rotatable bonds is 17. The minimum Gasteiger partial charge on any atom is -0.490 e. The molecule has 0 spiro atoms. The quantitative estimate of drug-likeness (QED) is 0.0603. The fraction of sp³-hybridized carbons (Fsp3) is 0.529. The first-order chi connectivity index (χ1) is 21.3. The molecule has 4 atom stereocenters. The van der Waals surface area contributed by atoms with Crippen LogP contribution in [0.3, 0.4) is 0 Å². The highest BCUT2D eigenvalue weighted by Gasteiger charge is 2.32. The van der Waals surface area contributed by atoms with Gasteiger partial charge < -0.3 is 35.9 Å². The second-order valence-corrected chi connectivity index (χ2v) is 11.8. The minimum atomic E-state index is -0.806. The highest BCUT2D eigenvalue weighted by Crippen LogP contribution is 2.23. The molecule has 1 heterocycles. The van der Waals surface area contributed by atoms with Crippen LogP contribution in [0.5, 0.6) is 0 Å². The van der Waals surface area contributed by atoms with Gasteiger partial charge in [0.25, 0.3) is 0 Å². The van der Waals surface area contributed by atoms with E-state index < -0.39 is 35.5 Å². The van der Waals surface area contributed by atoms with Crippen molar-refractivity contribution < 1.29 is 33.4 Å². The van der Waals surface area contributed by atoms with E-state index in [1.807, 2.05) is 65.8 Å². The average molecular weight is 629 g/mol. The summed E-state index contributed by atoms with van der Waals surface area (Å²) >= 11 is 0. The third kappa shape index (κ3) is 16.0. The van der Waals surface area contributed by atoms with Gasteiger partial charge in [0, 0.05) is 37.8 Å². The van der Waals surface area contributed by atoms with E-state index in [0.29, 0.717) is 38.8 Å². The van der Waals surface area contributed by atoms with Gasteiger partial charge in [-0.25, -0.2) is 9.59 Å². The first-order valence-corrected chi connectivity index (χ1v) is 15.3. The second kappa shape index (κ2) is 20.8. The van der Waals surface area contributed by atoms with Crippen molar-refractivity contribution in [1.82, 2.24) is 16.0 Å². The zero-order chi connectivity index (χ0) is 33.8. The molecule has 4 unspecified atom stereocenters. The molecular weight excluding hydrogens is 576 g/mol. The molecule has 0 aromatic rings. The number of cyclic esters (lactones) is 1. The summed E-state index contributed by atoms with van der Waals surface area (Å²) in [5, 5.41) is 8.17. The molecule has 250 valence electrons. The molecule has 0 aromatic heterocycles. The monoisotopic (exact) mass is 628 g/mol. The Morgan fingerprint density at radius 2 is 1.84 bits per heavy atom. The number of hydrogen-bond donors (Lipinski definition) is 4. The maximum absolute atomic E-state index is 13.0. The van der Waals surface area contributed by atoms with Gasteiger partial charge in [-0.05, 0) is 44.5 Å². The molecule has 1 aliphatic rings. The number of amides is 3. The zero-order valence-corrected chi connectivity index (χ0v) is 27.8. The van der Waals surface area contributed by atoms with Crippen LogP contribution in [0.1, 0.15) is 67.2 Å². The first-order valence-electron chi connectivity index (χ1n) is 15.3. The maximum Gasteiger partial charge on any atom is 0.407 e. The van der Waals surface area contributed by atoms with Crippen molar-refractivity contribution in [2.24, 2.45) is 17.1 Å². The van der Waals surface area contributed by atoms with Crippen LogP contribution in [-0.2, 0) is 28.6 Å². The predicted molar refractivity (Wildman–Crippen MR) is 175 cm³/mol. The van der Waals surface area contributed by atoms with E-state index in [4.69, 9.17) is 19.9 Å². The summed E-state index contributed by atoms with van der Waals surface area (Å²) in [7, 11) is 1.44. The molecule has 0 fully saturated rings. The van der Waals surface area contributed by atoms with Gasteiger partial charge in [0.2, 0.25) is 11.8 Å². The van der Waals surface area contributed by atoms with Crippen LogP contribution in [0, 0.1) is 11.3 Å². The molecule has 45 heavy (non-hydrogen) atoms. The first kappa shape index (κ1) is 38.9. The van der Waals surface area contributed by atoms with Gasteiger partial charge >= 0.3 is 12.1 Å². The lowest BCUT2D eigenvalue weighted by atomic mass is 9.86. The molecule has 0 saturated heterocycles. The Hall–Kier alpha value is -4.12. The lowest BCUT2D eigenvalue weighted by Gasteiger charge is -2.29. The smallest absolute Gasteiger partial charge is 0.407 e. The molecule has 5 N–H and O–H groups in total. The predicted octanol–water partition coefficient (Wildman–Crippen LogP) is 4.49. The number of nitrogens with one attached hydrogen (secondary N) is 3. The maximum atomic E-state index is 13.0. The topological polar surface area (TPSA) is 158 Å². The third-order valence-electron chi connectivity index (χ3n) is 6.76. The molecule has 11 heteroatoms. The standard InChI is InChI=1S/C34H52N4O7/c1-8-9-15-26(44-33(42)37-22-13-20-35)16-12-21-36-31(40)30(34(4,5)6)38-29(39)17-11-10-14-24(2)23-25(3)27-18-19-28(43-7)32(41)45-27/h8-12,14,17,19,21,23,25-27,30H,13,15-16,18,20,22,35H2,1-7H3,(H,36,40)(H,37,42)(H,38,39). The molecule has 11 nitrogen and oxygen atoms in total. The van der Waals surface area contributed by atoms with Crippen LogP contribution in [0.4, 0.5) is 4.79 Å². The van der Waals surface area contributed by atoms with Crippen LogP contribution in [0.2, 0.25) is 0 Å². The molecular formula is C34H52N4O7. The number of esters is 1. The van der Waals surface area contributed by atoms with Crippen molar-refractivity contribution in [2.45, 2.75) is 85.5 Å². The largest absolute Gasteiger partial charge is 0.490 e. The van der Waals surface area contributed by atoms with E-state index in [9.17, 15) is 19.2 Å².